The highest BCUT2D eigenvalue weighted by atomic mass is 19.4. The van der Waals surface area contributed by atoms with Crippen LogP contribution in [0, 0.1) is 0 Å². The number of halogens is 3. The summed E-state index contributed by atoms with van der Waals surface area (Å²) in [6.07, 6.45) is -5.52. The van der Waals surface area contributed by atoms with E-state index in [1.807, 2.05) is 0 Å². The van der Waals surface area contributed by atoms with Gasteiger partial charge in [-0.2, -0.15) is 13.2 Å². The predicted octanol–water partition coefficient (Wildman–Crippen LogP) is 2.05. The van der Waals surface area contributed by atoms with Crippen LogP contribution in [0.3, 0.4) is 0 Å². The first kappa shape index (κ1) is 11.6. The monoisotopic (exact) mass is 221 g/mol. The number of hydrogen-bond acceptors (Lipinski definition) is 3. The molecule has 0 unspecified atom stereocenters. The Bertz CT molecular complexity index is 352. The van der Waals surface area contributed by atoms with Crippen LogP contribution in [0.4, 0.5) is 13.2 Å². The fraction of sp³-hybridized carbons (Fsp3) is 0.333. The van der Waals surface area contributed by atoms with Crippen molar-refractivity contribution < 1.29 is 23.4 Å². The third-order valence-electron chi connectivity index (χ3n) is 1.88. The van der Waals surface area contributed by atoms with Gasteiger partial charge in [-0.1, -0.05) is 6.07 Å². The molecule has 1 aromatic rings. The fourth-order valence-electron chi connectivity index (χ4n) is 1.14. The van der Waals surface area contributed by atoms with Crippen molar-refractivity contribution in [3.8, 4) is 11.5 Å². The molecule has 0 aliphatic rings. The molecule has 0 saturated heterocycles. The van der Waals surface area contributed by atoms with Crippen molar-refractivity contribution >= 4 is 0 Å². The Hall–Kier alpha value is -1.43. The minimum absolute atomic E-state index is 0.127. The van der Waals surface area contributed by atoms with Crippen LogP contribution < -0.4 is 5.73 Å². The van der Waals surface area contributed by atoms with Crippen molar-refractivity contribution in [1.82, 2.24) is 0 Å². The van der Waals surface area contributed by atoms with Gasteiger partial charge in [-0.3, -0.25) is 0 Å². The molecule has 0 heterocycles. The molecule has 3 nitrogen and oxygen atoms in total. The minimum Gasteiger partial charge on any atom is -0.504 e. The summed E-state index contributed by atoms with van der Waals surface area (Å²) in [5.74, 6) is -0.872. The predicted molar refractivity (Wildman–Crippen MR) is 47.4 cm³/mol. The molecule has 84 valence electrons. The molecule has 0 bridgehead atoms. The van der Waals surface area contributed by atoms with E-state index in [0.717, 1.165) is 12.1 Å². The van der Waals surface area contributed by atoms with Crippen LogP contribution in [-0.4, -0.2) is 16.4 Å². The molecular weight excluding hydrogens is 211 g/mol. The van der Waals surface area contributed by atoms with Crippen LogP contribution in [0.25, 0.3) is 0 Å². The van der Waals surface area contributed by atoms with Gasteiger partial charge in [-0.25, -0.2) is 0 Å². The second kappa shape index (κ2) is 3.98. The lowest BCUT2D eigenvalue weighted by molar-refractivity contribution is -0.138. The molecule has 0 saturated carbocycles. The lowest BCUT2D eigenvalue weighted by Gasteiger charge is -2.14. The van der Waals surface area contributed by atoms with E-state index in [1.54, 1.807) is 0 Å². The first-order chi connectivity index (χ1) is 6.79. The SMILES string of the molecule is N[C@H](CC(F)(F)F)c1ccc(O)c(O)c1. The molecule has 1 rings (SSSR count). The Morgan fingerprint density at radius 3 is 2.27 bits per heavy atom. The van der Waals surface area contributed by atoms with Crippen LogP contribution in [0.15, 0.2) is 18.2 Å². The molecule has 15 heavy (non-hydrogen) atoms. The Kier molecular flexibility index (Phi) is 3.09. The molecular formula is C9H10F3NO2. The molecule has 0 aliphatic heterocycles. The molecule has 0 amide bonds. The van der Waals surface area contributed by atoms with Crippen molar-refractivity contribution in [2.75, 3.05) is 0 Å². The van der Waals surface area contributed by atoms with Crippen molar-refractivity contribution in [1.29, 1.82) is 0 Å². The van der Waals surface area contributed by atoms with Crippen LogP contribution >= 0.6 is 0 Å². The number of benzene rings is 1. The highest BCUT2D eigenvalue weighted by Crippen LogP contribution is 2.32. The minimum atomic E-state index is -4.35. The van der Waals surface area contributed by atoms with E-state index in [0.29, 0.717) is 0 Å². The number of hydrogen-bond donors (Lipinski definition) is 3. The topological polar surface area (TPSA) is 66.5 Å². The van der Waals surface area contributed by atoms with Crippen LogP contribution in [0.5, 0.6) is 11.5 Å². The summed E-state index contributed by atoms with van der Waals surface area (Å²) in [6, 6.07) is 2.12. The van der Waals surface area contributed by atoms with Gasteiger partial charge >= 0.3 is 6.18 Å². The van der Waals surface area contributed by atoms with E-state index in [1.165, 1.54) is 6.07 Å². The summed E-state index contributed by atoms with van der Waals surface area (Å²) in [5, 5.41) is 18.0. The zero-order chi connectivity index (χ0) is 11.6. The van der Waals surface area contributed by atoms with Gasteiger partial charge in [0.05, 0.1) is 6.42 Å². The average Bonchev–Trinajstić information content (AvgIpc) is 2.06. The summed E-state index contributed by atoms with van der Waals surface area (Å²) in [6.45, 7) is 0. The van der Waals surface area contributed by atoms with E-state index < -0.39 is 30.1 Å². The van der Waals surface area contributed by atoms with Crippen molar-refractivity contribution in [3.63, 3.8) is 0 Å². The molecule has 0 fully saturated rings. The van der Waals surface area contributed by atoms with E-state index >= 15 is 0 Å². The molecule has 0 spiro atoms. The van der Waals surface area contributed by atoms with Gasteiger partial charge in [0.25, 0.3) is 0 Å². The highest BCUT2D eigenvalue weighted by molar-refractivity contribution is 5.41. The summed E-state index contributed by atoms with van der Waals surface area (Å²) in [7, 11) is 0. The highest BCUT2D eigenvalue weighted by Gasteiger charge is 2.31. The van der Waals surface area contributed by atoms with E-state index in [4.69, 9.17) is 15.9 Å². The Balaban J connectivity index is 2.83. The van der Waals surface area contributed by atoms with Gasteiger partial charge in [-0.05, 0) is 17.7 Å². The second-order valence-electron chi connectivity index (χ2n) is 3.17. The maximum atomic E-state index is 12.0. The Labute approximate surface area is 84.0 Å². The van der Waals surface area contributed by atoms with Gasteiger partial charge in [0.15, 0.2) is 11.5 Å². The summed E-state index contributed by atoms with van der Waals surface area (Å²) < 4.78 is 35.9. The molecule has 0 radical (unpaired) electrons. The van der Waals surface area contributed by atoms with Gasteiger partial charge in [0, 0.05) is 6.04 Å². The van der Waals surface area contributed by atoms with Crippen molar-refractivity contribution in [3.05, 3.63) is 23.8 Å². The fourth-order valence-corrected chi connectivity index (χ4v) is 1.14. The van der Waals surface area contributed by atoms with Gasteiger partial charge < -0.3 is 15.9 Å². The standard InChI is InChI=1S/C9H10F3NO2/c10-9(11,12)4-6(13)5-1-2-7(14)8(15)3-5/h1-3,6,14-15H,4,13H2/t6-/m1/s1. The number of aromatic hydroxyl groups is 2. The summed E-state index contributed by atoms with van der Waals surface area (Å²) >= 11 is 0. The van der Waals surface area contributed by atoms with Gasteiger partial charge in [0.1, 0.15) is 0 Å². The van der Waals surface area contributed by atoms with E-state index in [-0.39, 0.29) is 5.56 Å². The largest absolute Gasteiger partial charge is 0.504 e. The first-order valence-electron chi connectivity index (χ1n) is 4.14. The molecule has 1 aromatic carbocycles. The average molecular weight is 221 g/mol. The third-order valence-corrected chi connectivity index (χ3v) is 1.88. The van der Waals surface area contributed by atoms with E-state index in [2.05, 4.69) is 0 Å². The molecule has 0 aromatic heterocycles. The third kappa shape index (κ3) is 3.32. The lowest BCUT2D eigenvalue weighted by atomic mass is 10.0. The Morgan fingerprint density at radius 2 is 1.80 bits per heavy atom. The molecule has 4 N–H and O–H groups in total. The lowest BCUT2D eigenvalue weighted by Crippen LogP contribution is -2.20. The van der Waals surface area contributed by atoms with Gasteiger partial charge in [0.2, 0.25) is 0 Å². The zero-order valence-electron chi connectivity index (χ0n) is 7.62. The number of alkyl halides is 3. The first-order valence-corrected chi connectivity index (χ1v) is 4.14. The zero-order valence-corrected chi connectivity index (χ0v) is 7.62. The van der Waals surface area contributed by atoms with Crippen molar-refractivity contribution in [2.45, 2.75) is 18.6 Å². The number of rotatable bonds is 2. The van der Waals surface area contributed by atoms with E-state index in [9.17, 15) is 13.2 Å². The Morgan fingerprint density at radius 1 is 1.20 bits per heavy atom. The molecule has 0 aliphatic carbocycles. The normalized spacial score (nSPS) is 13.9. The quantitative estimate of drug-likeness (QED) is 0.669. The summed E-state index contributed by atoms with van der Waals surface area (Å²) in [4.78, 5) is 0. The second-order valence-corrected chi connectivity index (χ2v) is 3.17. The number of nitrogens with two attached hydrogens (primary N) is 1. The maximum absolute atomic E-state index is 12.0. The summed E-state index contributed by atoms with van der Waals surface area (Å²) in [5.41, 5.74) is 5.41. The number of phenols is 2. The molecule has 6 heteroatoms. The molecule has 1 atom stereocenters. The van der Waals surface area contributed by atoms with Crippen LogP contribution in [-0.2, 0) is 0 Å². The smallest absolute Gasteiger partial charge is 0.390 e. The van der Waals surface area contributed by atoms with Crippen LogP contribution in [0.1, 0.15) is 18.0 Å². The van der Waals surface area contributed by atoms with Gasteiger partial charge in [-0.15, -0.1) is 0 Å². The van der Waals surface area contributed by atoms with Crippen LogP contribution in [0.2, 0.25) is 0 Å². The number of phenolic OH excluding ortho intramolecular Hbond substituents is 2. The maximum Gasteiger partial charge on any atom is 0.390 e. The van der Waals surface area contributed by atoms with Crippen molar-refractivity contribution in [2.24, 2.45) is 5.73 Å².